The SMILES string of the molecule is COC(C)c1cccc(NC(=O)c2ccn(C3CCCNC3)n2)c1. The molecule has 0 aliphatic carbocycles. The van der Waals surface area contributed by atoms with Gasteiger partial charge in [0.15, 0.2) is 5.69 Å². The number of hydrogen-bond acceptors (Lipinski definition) is 4. The highest BCUT2D eigenvalue weighted by molar-refractivity contribution is 6.02. The first-order valence-corrected chi connectivity index (χ1v) is 8.37. The van der Waals surface area contributed by atoms with Gasteiger partial charge in [-0.2, -0.15) is 5.10 Å². The molecule has 128 valence electrons. The zero-order valence-corrected chi connectivity index (χ0v) is 14.2. The molecular weight excluding hydrogens is 304 g/mol. The number of methoxy groups -OCH3 is 1. The number of benzene rings is 1. The summed E-state index contributed by atoms with van der Waals surface area (Å²) in [5.41, 5.74) is 2.20. The highest BCUT2D eigenvalue weighted by Crippen LogP contribution is 2.20. The van der Waals surface area contributed by atoms with Crippen LogP contribution in [0, 0.1) is 0 Å². The number of carbonyl (C=O) groups excluding carboxylic acids is 1. The summed E-state index contributed by atoms with van der Waals surface area (Å²) in [6.45, 7) is 3.93. The fraction of sp³-hybridized carbons (Fsp3) is 0.444. The van der Waals surface area contributed by atoms with Crippen LogP contribution in [-0.2, 0) is 4.74 Å². The third kappa shape index (κ3) is 3.83. The van der Waals surface area contributed by atoms with Gasteiger partial charge in [0, 0.05) is 25.5 Å². The van der Waals surface area contributed by atoms with Gasteiger partial charge in [-0.1, -0.05) is 12.1 Å². The van der Waals surface area contributed by atoms with Gasteiger partial charge >= 0.3 is 0 Å². The molecular formula is C18H24N4O2. The van der Waals surface area contributed by atoms with E-state index in [9.17, 15) is 4.79 Å². The maximum Gasteiger partial charge on any atom is 0.276 e. The van der Waals surface area contributed by atoms with Gasteiger partial charge in [-0.05, 0) is 50.1 Å². The summed E-state index contributed by atoms with van der Waals surface area (Å²) in [5, 5.41) is 10.7. The Balaban J connectivity index is 1.68. The highest BCUT2D eigenvalue weighted by atomic mass is 16.5. The molecule has 2 aromatic rings. The molecule has 3 rings (SSSR count). The summed E-state index contributed by atoms with van der Waals surface area (Å²) in [6, 6.07) is 9.78. The van der Waals surface area contributed by atoms with E-state index in [0.29, 0.717) is 11.7 Å². The van der Waals surface area contributed by atoms with Crippen molar-refractivity contribution in [2.45, 2.75) is 31.9 Å². The number of hydrogen-bond donors (Lipinski definition) is 2. The van der Waals surface area contributed by atoms with Crippen molar-refractivity contribution < 1.29 is 9.53 Å². The first kappa shape index (κ1) is 16.7. The number of aromatic nitrogens is 2. The molecule has 1 aromatic carbocycles. The molecule has 6 nitrogen and oxygen atoms in total. The highest BCUT2D eigenvalue weighted by Gasteiger charge is 2.18. The number of anilines is 1. The molecule has 1 aliphatic rings. The van der Waals surface area contributed by atoms with Crippen LogP contribution < -0.4 is 10.6 Å². The largest absolute Gasteiger partial charge is 0.377 e. The van der Waals surface area contributed by atoms with Crippen LogP contribution in [-0.4, -0.2) is 35.9 Å². The number of rotatable bonds is 5. The summed E-state index contributed by atoms with van der Waals surface area (Å²) in [4.78, 5) is 12.4. The smallest absolute Gasteiger partial charge is 0.276 e. The Morgan fingerprint density at radius 2 is 2.33 bits per heavy atom. The van der Waals surface area contributed by atoms with Crippen molar-refractivity contribution in [3.8, 4) is 0 Å². The van der Waals surface area contributed by atoms with Crippen molar-refractivity contribution in [3.63, 3.8) is 0 Å². The van der Waals surface area contributed by atoms with E-state index in [0.717, 1.165) is 37.2 Å². The number of ether oxygens (including phenoxy) is 1. The van der Waals surface area contributed by atoms with E-state index < -0.39 is 0 Å². The summed E-state index contributed by atoms with van der Waals surface area (Å²) in [6.07, 6.45) is 4.10. The van der Waals surface area contributed by atoms with Crippen LogP contribution >= 0.6 is 0 Å². The van der Waals surface area contributed by atoms with Crippen LogP contribution in [0.5, 0.6) is 0 Å². The minimum Gasteiger partial charge on any atom is -0.377 e. The van der Waals surface area contributed by atoms with Crippen LogP contribution in [0.1, 0.15) is 48.0 Å². The molecule has 1 saturated heterocycles. The van der Waals surface area contributed by atoms with E-state index in [2.05, 4.69) is 15.7 Å². The molecule has 1 fully saturated rings. The number of nitrogens with zero attached hydrogens (tertiary/aromatic N) is 2. The van der Waals surface area contributed by atoms with E-state index in [-0.39, 0.29) is 12.0 Å². The van der Waals surface area contributed by atoms with Gasteiger partial charge in [0.2, 0.25) is 0 Å². The Labute approximate surface area is 142 Å². The van der Waals surface area contributed by atoms with E-state index in [1.807, 2.05) is 42.1 Å². The van der Waals surface area contributed by atoms with Crippen molar-refractivity contribution in [1.29, 1.82) is 0 Å². The van der Waals surface area contributed by atoms with Crippen LogP contribution in [0.4, 0.5) is 5.69 Å². The van der Waals surface area contributed by atoms with Crippen molar-refractivity contribution in [2.24, 2.45) is 0 Å². The molecule has 0 saturated carbocycles. The van der Waals surface area contributed by atoms with Gasteiger partial charge in [0.05, 0.1) is 12.1 Å². The van der Waals surface area contributed by atoms with Gasteiger partial charge in [0.25, 0.3) is 5.91 Å². The van der Waals surface area contributed by atoms with E-state index in [1.54, 1.807) is 13.2 Å². The Morgan fingerprint density at radius 3 is 3.08 bits per heavy atom. The summed E-state index contributed by atoms with van der Waals surface area (Å²) >= 11 is 0. The minimum atomic E-state index is -0.195. The molecule has 2 unspecified atom stereocenters. The van der Waals surface area contributed by atoms with Crippen LogP contribution in [0.3, 0.4) is 0 Å². The Hall–Kier alpha value is -2.18. The van der Waals surface area contributed by atoms with Crippen LogP contribution in [0.2, 0.25) is 0 Å². The van der Waals surface area contributed by atoms with Gasteiger partial charge in [-0.15, -0.1) is 0 Å². The van der Waals surface area contributed by atoms with Gasteiger partial charge in [0.1, 0.15) is 0 Å². The molecule has 1 amide bonds. The lowest BCUT2D eigenvalue weighted by Crippen LogP contribution is -2.32. The van der Waals surface area contributed by atoms with Crippen LogP contribution in [0.15, 0.2) is 36.5 Å². The van der Waals surface area contributed by atoms with Crippen molar-refractivity contribution in [2.75, 3.05) is 25.5 Å². The average Bonchev–Trinajstić information content (AvgIpc) is 3.12. The third-order valence-electron chi connectivity index (χ3n) is 4.45. The fourth-order valence-corrected chi connectivity index (χ4v) is 2.92. The molecule has 6 heteroatoms. The number of amides is 1. The molecule has 2 atom stereocenters. The molecule has 0 radical (unpaired) electrons. The third-order valence-corrected chi connectivity index (χ3v) is 4.45. The Kier molecular flexibility index (Phi) is 5.27. The monoisotopic (exact) mass is 328 g/mol. The van der Waals surface area contributed by atoms with Gasteiger partial charge in [-0.25, -0.2) is 0 Å². The van der Waals surface area contributed by atoms with Crippen molar-refractivity contribution >= 4 is 11.6 Å². The van der Waals surface area contributed by atoms with Crippen LogP contribution in [0.25, 0.3) is 0 Å². The first-order valence-electron chi connectivity index (χ1n) is 8.37. The molecule has 2 N–H and O–H groups in total. The topological polar surface area (TPSA) is 68.2 Å². The average molecular weight is 328 g/mol. The van der Waals surface area contributed by atoms with Crippen molar-refractivity contribution in [3.05, 3.63) is 47.8 Å². The molecule has 1 aliphatic heterocycles. The number of nitrogens with one attached hydrogen (secondary N) is 2. The second-order valence-corrected chi connectivity index (χ2v) is 6.14. The minimum absolute atomic E-state index is 0.0140. The zero-order chi connectivity index (χ0) is 16.9. The maximum absolute atomic E-state index is 12.4. The van der Waals surface area contributed by atoms with E-state index in [1.165, 1.54) is 0 Å². The molecule has 1 aromatic heterocycles. The lowest BCUT2D eigenvalue weighted by Gasteiger charge is -2.22. The quantitative estimate of drug-likeness (QED) is 0.885. The molecule has 0 spiro atoms. The lowest BCUT2D eigenvalue weighted by atomic mass is 10.1. The molecule has 2 heterocycles. The second-order valence-electron chi connectivity index (χ2n) is 6.14. The van der Waals surface area contributed by atoms with E-state index in [4.69, 9.17) is 4.74 Å². The fourth-order valence-electron chi connectivity index (χ4n) is 2.92. The predicted molar refractivity (Wildman–Crippen MR) is 93.2 cm³/mol. The lowest BCUT2D eigenvalue weighted by molar-refractivity contribution is 0.102. The second kappa shape index (κ2) is 7.59. The zero-order valence-electron chi connectivity index (χ0n) is 14.2. The number of piperidine rings is 1. The van der Waals surface area contributed by atoms with E-state index >= 15 is 0 Å². The first-order chi connectivity index (χ1) is 11.7. The Morgan fingerprint density at radius 1 is 1.46 bits per heavy atom. The Bertz CT molecular complexity index is 692. The normalized spacial score (nSPS) is 19.0. The molecule has 24 heavy (non-hydrogen) atoms. The molecule has 0 bridgehead atoms. The van der Waals surface area contributed by atoms with Gasteiger partial charge in [-0.3, -0.25) is 9.48 Å². The standard InChI is InChI=1S/C18H24N4O2/c1-13(24-2)14-5-3-6-15(11-14)20-18(23)17-8-10-22(21-17)16-7-4-9-19-12-16/h3,5-6,8,10-11,13,16,19H,4,7,9,12H2,1-2H3,(H,20,23). The predicted octanol–water partition coefficient (Wildman–Crippen LogP) is 2.77. The summed E-state index contributed by atoms with van der Waals surface area (Å²) in [5.74, 6) is -0.195. The summed E-state index contributed by atoms with van der Waals surface area (Å²) < 4.78 is 7.21. The van der Waals surface area contributed by atoms with Gasteiger partial charge < -0.3 is 15.4 Å². The number of carbonyl (C=O) groups is 1. The maximum atomic E-state index is 12.4. The summed E-state index contributed by atoms with van der Waals surface area (Å²) in [7, 11) is 1.67. The van der Waals surface area contributed by atoms with Crippen molar-refractivity contribution in [1.82, 2.24) is 15.1 Å².